The van der Waals surface area contributed by atoms with Gasteiger partial charge in [-0.3, -0.25) is 4.79 Å². The van der Waals surface area contributed by atoms with Gasteiger partial charge in [0.2, 0.25) is 0 Å². The number of carbonyl (C=O) groups excluding carboxylic acids is 1. The summed E-state index contributed by atoms with van der Waals surface area (Å²) in [6.45, 7) is 5.21. The van der Waals surface area contributed by atoms with Crippen molar-refractivity contribution >= 4 is 5.91 Å². The van der Waals surface area contributed by atoms with Crippen molar-refractivity contribution in [2.45, 2.75) is 38.7 Å². The number of rotatable bonds is 5. The second-order valence-corrected chi connectivity index (χ2v) is 8.19. The van der Waals surface area contributed by atoms with E-state index in [0.29, 0.717) is 18.7 Å². The van der Waals surface area contributed by atoms with Crippen molar-refractivity contribution in [3.05, 3.63) is 76.5 Å². The molecular weight excluding hydrogens is 392 g/mol. The van der Waals surface area contributed by atoms with Crippen LogP contribution in [0.4, 0.5) is 0 Å². The van der Waals surface area contributed by atoms with Gasteiger partial charge in [-0.25, -0.2) is 14.0 Å². The summed E-state index contributed by atoms with van der Waals surface area (Å²) in [4.78, 5) is 27.5. The van der Waals surface area contributed by atoms with Crippen LogP contribution in [-0.2, 0) is 7.05 Å². The number of likely N-dealkylation sites (tertiary alicyclic amines) is 1. The molecule has 1 fully saturated rings. The van der Waals surface area contributed by atoms with Crippen LogP contribution >= 0.6 is 0 Å². The zero-order valence-corrected chi connectivity index (χ0v) is 18.2. The number of hydrogen-bond acceptors (Lipinski definition) is 4. The van der Waals surface area contributed by atoms with E-state index in [1.54, 1.807) is 11.6 Å². The molecule has 2 heterocycles. The van der Waals surface area contributed by atoms with Crippen LogP contribution in [0.2, 0.25) is 0 Å². The normalized spacial score (nSPS) is 14.8. The molecule has 2 aromatic carbocycles. The fourth-order valence-electron chi connectivity index (χ4n) is 4.04. The van der Waals surface area contributed by atoms with Gasteiger partial charge in [0.15, 0.2) is 0 Å². The molecule has 7 nitrogen and oxygen atoms in total. The topological polar surface area (TPSA) is 69.4 Å². The van der Waals surface area contributed by atoms with Gasteiger partial charge in [0.1, 0.15) is 11.6 Å². The summed E-state index contributed by atoms with van der Waals surface area (Å²) in [6.07, 6.45) is 1.63. The van der Waals surface area contributed by atoms with E-state index >= 15 is 0 Å². The Bertz CT molecular complexity index is 1090. The van der Waals surface area contributed by atoms with E-state index in [-0.39, 0.29) is 23.6 Å². The molecule has 0 aliphatic carbocycles. The van der Waals surface area contributed by atoms with Crippen LogP contribution in [0.3, 0.4) is 0 Å². The molecule has 0 N–H and O–H groups in total. The van der Waals surface area contributed by atoms with Crippen LogP contribution in [0, 0.1) is 0 Å². The Hall–Kier alpha value is -3.35. The number of aromatic nitrogens is 3. The first-order valence-corrected chi connectivity index (χ1v) is 10.7. The van der Waals surface area contributed by atoms with Gasteiger partial charge in [-0.2, -0.15) is 5.10 Å². The van der Waals surface area contributed by atoms with Crippen LogP contribution in [0.1, 0.15) is 48.8 Å². The predicted molar refractivity (Wildman–Crippen MR) is 119 cm³/mol. The third-order valence-corrected chi connectivity index (χ3v) is 5.58. The lowest BCUT2D eigenvalue weighted by Gasteiger charge is -2.31. The molecule has 162 valence electrons. The second-order valence-electron chi connectivity index (χ2n) is 8.19. The van der Waals surface area contributed by atoms with Gasteiger partial charge in [-0.05, 0) is 63.1 Å². The van der Waals surface area contributed by atoms with Gasteiger partial charge in [0.05, 0.1) is 11.8 Å². The Balaban J connectivity index is 1.47. The van der Waals surface area contributed by atoms with E-state index in [1.165, 1.54) is 4.68 Å². The van der Waals surface area contributed by atoms with E-state index in [1.807, 2.05) is 73.3 Å². The fraction of sp³-hybridized carbons (Fsp3) is 0.375. The lowest BCUT2D eigenvalue weighted by atomic mass is 9.95. The molecule has 7 heteroatoms. The van der Waals surface area contributed by atoms with E-state index in [4.69, 9.17) is 4.74 Å². The molecule has 0 saturated carbocycles. The number of piperidine rings is 1. The minimum atomic E-state index is -0.150. The van der Waals surface area contributed by atoms with Crippen molar-refractivity contribution in [2.75, 3.05) is 13.1 Å². The molecule has 1 aliphatic heterocycles. The van der Waals surface area contributed by atoms with Gasteiger partial charge >= 0.3 is 5.69 Å². The maximum absolute atomic E-state index is 12.9. The summed E-state index contributed by atoms with van der Waals surface area (Å²) in [5.41, 5.74) is 1.33. The first kappa shape index (κ1) is 20.9. The minimum absolute atomic E-state index is 0.0241. The molecule has 1 aliphatic rings. The summed E-state index contributed by atoms with van der Waals surface area (Å²) in [6, 6.07) is 16.9. The summed E-state index contributed by atoms with van der Waals surface area (Å²) in [5, 5.41) is 4.52. The highest BCUT2D eigenvalue weighted by Crippen LogP contribution is 2.28. The van der Waals surface area contributed by atoms with E-state index < -0.39 is 0 Å². The molecule has 1 amide bonds. The molecule has 0 radical (unpaired) electrons. The van der Waals surface area contributed by atoms with Gasteiger partial charge < -0.3 is 9.64 Å². The quantitative estimate of drug-likeness (QED) is 0.635. The molecule has 0 bridgehead atoms. The lowest BCUT2D eigenvalue weighted by molar-refractivity contribution is 0.0710. The number of carbonyl (C=O) groups is 1. The molecule has 1 aromatic heterocycles. The second kappa shape index (κ2) is 8.79. The predicted octanol–water partition coefficient (Wildman–Crippen LogP) is 3.38. The number of para-hydroxylation sites is 1. The number of nitrogens with zero attached hydrogens (tertiary/aromatic N) is 4. The van der Waals surface area contributed by atoms with Crippen molar-refractivity contribution in [3.63, 3.8) is 0 Å². The van der Waals surface area contributed by atoms with E-state index in [2.05, 4.69) is 5.10 Å². The fourth-order valence-corrected chi connectivity index (χ4v) is 4.04. The van der Waals surface area contributed by atoms with Crippen LogP contribution in [0.5, 0.6) is 5.75 Å². The number of hydrogen-bond donors (Lipinski definition) is 0. The molecule has 31 heavy (non-hydrogen) atoms. The third-order valence-electron chi connectivity index (χ3n) is 5.58. The van der Waals surface area contributed by atoms with Gasteiger partial charge in [0.25, 0.3) is 5.91 Å². The summed E-state index contributed by atoms with van der Waals surface area (Å²) in [5.74, 6) is 1.68. The maximum Gasteiger partial charge on any atom is 0.350 e. The van der Waals surface area contributed by atoms with Crippen LogP contribution < -0.4 is 10.4 Å². The number of benzene rings is 2. The lowest BCUT2D eigenvalue weighted by Crippen LogP contribution is -2.38. The smallest absolute Gasteiger partial charge is 0.350 e. The molecule has 4 rings (SSSR count). The maximum atomic E-state index is 12.9. The average Bonchev–Trinajstić information content (AvgIpc) is 3.08. The largest absolute Gasteiger partial charge is 0.491 e. The Labute approximate surface area is 181 Å². The monoisotopic (exact) mass is 420 g/mol. The zero-order valence-electron chi connectivity index (χ0n) is 18.2. The van der Waals surface area contributed by atoms with Crippen molar-refractivity contribution < 1.29 is 9.53 Å². The summed E-state index contributed by atoms with van der Waals surface area (Å²) in [7, 11) is 1.68. The van der Waals surface area contributed by atoms with Crippen LogP contribution in [0.15, 0.2) is 59.4 Å². The summed E-state index contributed by atoms with van der Waals surface area (Å²) < 4.78 is 8.73. The van der Waals surface area contributed by atoms with Crippen molar-refractivity contribution in [1.29, 1.82) is 0 Å². The average molecular weight is 421 g/mol. The Kier molecular flexibility index (Phi) is 5.93. The Morgan fingerprint density at radius 1 is 1.03 bits per heavy atom. The Morgan fingerprint density at radius 3 is 2.29 bits per heavy atom. The highest BCUT2D eigenvalue weighted by Gasteiger charge is 2.29. The van der Waals surface area contributed by atoms with Crippen LogP contribution in [-0.4, -0.2) is 44.3 Å². The molecule has 0 spiro atoms. The van der Waals surface area contributed by atoms with Crippen molar-refractivity contribution in [1.82, 2.24) is 19.2 Å². The number of amides is 1. The molecular formula is C24H28N4O3. The Morgan fingerprint density at radius 2 is 1.68 bits per heavy atom. The minimum Gasteiger partial charge on any atom is -0.491 e. The first-order valence-electron chi connectivity index (χ1n) is 10.7. The highest BCUT2D eigenvalue weighted by molar-refractivity contribution is 5.94. The number of aryl methyl sites for hydroxylation is 1. The summed E-state index contributed by atoms with van der Waals surface area (Å²) >= 11 is 0. The first-order chi connectivity index (χ1) is 14.9. The van der Waals surface area contributed by atoms with Gasteiger partial charge in [-0.15, -0.1) is 0 Å². The standard InChI is InChI=1S/C24H28N4O3/c1-17(2)31-21-11-9-19(10-12-21)23(29)27-15-13-18(14-16-27)22-25-26(3)24(30)28(22)20-7-5-4-6-8-20/h4-12,17-18H,13-16H2,1-3H3. The van der Waals surface area contributed by atoms with E-state index in [9.17, 15) is 9.59 Å². The zero-order chi connectivity index (χ0) is 22.0. The van der Waals surface area contributed by atoms with Crippen molar-refractivity contribution in [3.8, 4) is 11.4 Å². The third kappa shape index (κ3) is 4.40. The number of ether oxygens (including phenoxy) is 1. The van der Waals surface area contributed by atoms with Crippen molar-refractivity contribution in [2.24, 2.45) is 7.05 Å². The molecule has 3 aromatic rings. The molecule has 0 atom stereocenters. The van der Waals surface area contributed by atoms with E-state index in [0.717, 1.165) is 30.1 Å². The highest BCUT2D eigenvalue weighted by atomic mass is 16.5. The molecule has 0 unspecified atom stereocenters. The molecule has 1 saturated heterocycles. The van der Waals surface area contributed by atoms with Crippen LogP contribution in [0.25, 0.3) is 5.69 Å². The van der Waals surface area contributed by atoms with Gasteiger partial charge in [-0.1, -0.05) is 18.2 Å². The van der Waals surface area contributed by atoms with Gasteiger partial charge in [0, 0.05) is 31.6 Å². The SMILES string of the molecule is CC(C)Oc1ccc(C(=O)N2CCC(c3nn(C)c(=O)n3-c3ccccc3)CC2)cc1.